The van der Waals surface area contributed by atoms with Gasteiger partial charge in [0.2, 0.25) is 0 Å². The first-order valence-electron chi connectivity index (χ1n) is 7.55. The molecule has 1 saturated heterocycles. The molecule has 0 atom stereocenters. The second kappa shape index (κ2) is 6.97. The zero-order valence-corrected chi connectivity index (χ0v) is 12.9. The van der Waals surface area contributed by atoms with Crippen molar-refractivity contribution in [2.24, 2.45) is 0 Å². The van der Waals surface area contributed by atoms with E-state index in [0.29, 0.717) is 10.8 Å². The van der Waals surface area contributed by atoms with Crippen molar-refractivity contribution < 1.29 is 4.74 Å². The van der Waals surface area contributed by atoms with Crippen molar-refractivity contribution in [3.63, 3.8) is 0 Å². The summed E-state index contributed by atoms with van der Waals surface area (Å²) in [7, 11) is 0. The molecule has 1 heterocycles. The third kappa shape index (κ3) is 3.99. The molecule has 21 heavy (non-hydrogen) atoms. The van der Waals surface area contributed by atoms with Gasteiger partial charge < -0.3 is 4.74 Å². The van der Waals surface area contributed by atoms with E-state index in [0.717, 1.165) is 12.3 Å². The maximum Gasteiger partial charge on any atom is 0.146 e. The largest absolute Gasteiger partial charge is 0.456 e. The van der Waals surface area contributed by atoms with Gasteiger partial charge in [0.1, 0.15) is 11.5 Å². The average Bonchev–Trinajstić information content (AvgIpc) is 2.51. The van der Waals surface area contributed by atoms with Gasteiger partial charge in [0.15, 0.2) is 0 Å². The van der Waals surface area contributed by atoms with Crippen molar-refractivity contribution in [2.45, 2.75) is 25.8 Å². The summed E-state index contributed by atoms with van der Waals surface area (Å²) in [6.45, 7) is 3.41. The van der Waals surface area contributed by atoms with Crippen LogP contribution in [0.5, 0.6) is 11.5 Å². The topological polar surface area (TPSA) is 12.5 Å². The molecule has 2 aromatic carbocycles. The lowest BCUT2D eigenvalue weighted by Gasteiger charge is -2.26. The summed E-state index contributed by atoms with van der Waals surface area (Å²) in [6.07, 6.45) is 4.00. The summed E-state index contributed by atoms with van der Waals surface area (Å²) in [4.78, 5) is 2.51. The van der Waals surface area contributed by atoms with Gasteiger partial charge in [0.25, 0.3) is 0 Å². The fourth-order valence-electron chi connectivity index (χ4n) is 2.74. The van der Waals surface area contributed by atoms with Crippen LogP contribution >= 0.6 is 11.6 Å². The minimum atomic E-state index is 0.638. The smallest absolute Gasteiger partial charge is 0.146 e. The molecule has 1 aliphatic rings. The summed E-state index contributed by atoms with van der Waals surface area (Å²) in [5.41, 5.74) is 1.29. The molecule has 0 aliphatic carbocycles. The van der Waals surface area contributed by atoms with Crippen molar-refractivity contribution in [3.05, 3.63) is 59.1 Å². The van der Waals surface area contributed by atoms with Gasteiger partial charge in [-0.25, -0.2) is 0 Å². The molecule has 2 nitrogen and oxygen atoms in total. The Balaban J connectivity index is 1.69. The molecular formula is C18H20ClNO. The van der Waals surface area contributed by atoms with Crippen molar-refractivity contribution in [1.82, 2.24) is 4.90 Å². The number of benzene rings is 2. The third-order valence-electron chi connectivity index (χ3n) is 3.82. The first kappa shape index (κ1) is 14.4. The Morgan fingerprint density at radius 2 is 1.76 bits per heavy atom. The van der Waals surface area contributed by atoms with Crippen LogP contribution in [0.3, 0.4) is 0 Å². The van der Waals surface area contributed by atoms with Crippen molar-refractivity contribution in [2.75, 3.05) is 13.1 Å². The second-order valence-corrected chi connectivity index (χ2v) is 5.92. The maximum absolute atomic E-state index is 6.14. The molecule has 0 radical (unpaired) electrons. The highest BCUT2D eigenvalue weighted by Crippen LogP contribution is 2.29. The van der Waals surface area contributed by atoms with Gasteiger partial charge in [-0.1, -0.05) is 42.3 Å². The Labute approximate surface area is 131 Å². The highest BCUT2D eigenvalue weighted by atomic mass is 35.5. The minimum Gasteiger partial charge on any atom is -0.456 e. The summed E-state index contributed by atoms with van der Waals surface area (Å²) in [5, 5.41) is 0.638. The van der Waals surface area contributed by atoms with Crippen LogP contribution in [0.25, 0.3) is 0 Å². The van der Waals surface area contributed by atoms with E-state index in [9.17, 15) is 0 Å². The zero-order valence-electron chi connectivity index (χ0n) is 12.1. The van der Waals surface area contributed by atoms with E-state index in [1.807, 2.05) is 36.4 Å². The van der Waals surface area contributed by atoms with E-state index in [-0.39, 0.29) is 0 Å². The number of hydrogen-bond donors (Lipinski definition) is 0. The van der Waals surface area contributed by atoms with E-state index >= 15 is 0 Å². The molecule has 1 fully saturated rings. The normalized spacial score (nSPS) is 15.9. The van der Waals surface area contributed by atoms with E-state index in [1.165, 1.54) is 37.9 Å². The number of nitrogens with zero attached hydrogens (tertiary/aromatic N) is 1. The molecule has 0 saturated carbocycles. The highest BCUT2D eigenvalue weighted by molar-refractivity contribution is 6.32. The van der Waals surface area contributed by atoms with Crippen LogP contribution in [0.2, 0.25) is 5.02 Å². The Morgan fingerprint density at radius 1 is 0.952 bits per heavy atom. The molecule has 2 aromatic rings. The molecular weight excluding hydrogens is 282 g/mol. The summed E-state index contributed by atoms with van der Waals surface area (Å²) < 4.78 is 5.89. The van der Waals surface area contributed by atoms with Crippen LogP contribution < -0.4 is 4.74 Å². The van der Waals surface area contributed by atoms with E-state index < -0.39 is 0 Å². The molecule has 0 amide bonds. The Bertz CT molecular complexity index is 593. The number of hydrogen-bond acceptors (Lipinski definition) is 2. The fourth-order valence-corrected chi connectivity index (χ4v) is 2.91. The highest BCUT2D eigenvalue weighted by Gasteiger charge is 2.11. The molecule has 0 bridgehead atoms. The molecule has 0 N–H and O–H groups in total. The molecule has 0 unspecified atom stereocenters. The lowest BCUT2D eigenvalue weighted by Crippen LogP contribution is -2.29. The predicted octanol–water partition coefficient (Wildman–Crippen LogP) is 5.12. The second-order valence-electron chi connectivity index (χ2n) is 5.52. The van der Waals surface area contributed by atoms with Crippen molar-refractivity contribution in [3.8, 4) is 11.5 Å². The monoisotopic (exact) mass is 301 g/mol. The van der Waals surface area contributed by atoms with Gasteiger partial charge in [-0.15, -0.1) is 0 Å². The number of para-hydroxylation sites is 1. The van der Waals surface area contributed by atoms with E-state index in [1.54, 1.807) is 0 Å². The number of rotatable bonds is 4. The molecule has 0 spiro atoms. The van der Waals surface area contributed by atoms with Gasteiger partial charge in [-0.3, -0.25) is 4.90 Å². The summed E-state index contributed by atoms with van der Waals surface area (Å²) >= 11 is 6.14. The predicted molar refractivity (Wildman–Crippen MR) is 87.1 cm³/mol. The van der Waals surface area contributed by atoms with Crippen LogP contribution in [-0.2, 0) is 6.54 Å². The number of piperidine rings is 1. The standard InChI is InChI=1S/C18H20ClNO/c19-17-9-2-3-10-18(17)21-16-8-6-7-15(13-16)14-20-11-4-1-5-12-20/h2-3,6-10,13H,1,4-5,11-12,14H2. The first-order valence-corrected chi connectivity index (χ1v) is 7.93. The number of likely N-dealkylation sites (tertiary alicyclic amines) is 1. The van der Waals surface area contributed by atoms with Crippen LogP contribution in [-0.4, -0.2) is 18.0 Å². The quantitative estimate of drug-likeness (QED) is 0.777. The Morgan fingerprint density at radius 3 is 2.57 bits per heavy atom. The van der Waals surface area contributed by atoms with Gasteiger partial charge >= 0.3 is 0 Å². The van der Waals surface area contributed by atoms with Gasteiger partial charge in [0.05, 0.1) is 5.02 Å². The van der Waals surface area contributed by atoms with Crippen LogP contribution in [0.1, 0.15) is 24.8 Å². The van der Waals surface area contributed by atoms with Gasteiger partial charge in [-0.2, -0.15) is 0 Å². The van der Waals surface area contributed by atoms with Crippen LogP contribution in [0.15, 0.2) is 48.5 Å². The van der Waals surface area contributed by atoms with Gasteiger partial charge in [0, 0.05) is 6.54 Å². The minimum absolute atomic E-state index is 0.638. The SMILES string of the molecule is Clc1ccccc1Oc1cccc(CN2CCCCC2)c1. The molecule has 0 aromatic heterocycles. The average molecular weight is 302 g/mol. The number of halogens is 1. The Kier molecular flexibility index (Phi) is 4.79. The van der Waals surface area contributed by atoms with Gasteiger partial charge in [-0.05, 0) is 55.8 Å². The third-order valence-corrected chi connectivity index (χ3v) is 4.13. The van der Waals surface area contributed by atoms with Crippen molar-refractivity contribution in [1.29, 1.82) is 0 Å². The summed E-state index contributed by atoms with van der Waals surface area (Å²) in [6, 6.07) is 15.9. The van der Waals surface area contributed by atoms with E-state index in [2.05, 4.69) is 17.0 Å². The van der Waals surface area contributed by atoms with E-state index in [4.69, 9.17) is 16.3 Å². The molecule has 110 valence electrons. The van der Waals surface area contributed by atoms with Crippen molar-refractivity contribution >= 4 is 11.6 Å². The summed E-state index contributed by atoms with van der Waals surface area (Å²) in [5.74, 6) is 1.55. The fraction of sp³-hybridized carbons (Fsp3) is 0.333. The lowest BCUT2D eigenvalue weighted by atomic mass is 10.1. The molecule has 1 aliphatic heterocycles. The van der Waals surface area contributed by atoms with Crippen LogP contribution in [0, 0.1) is 0 Å². The number of ether oxygens (including phenoxy) is 1. The molecule has 3 heteroatoms. The molecule has 3 rings (SSSR count). The Hall–Kier alpha value is -1.51. The van der Waals surface area contributed by atoms with Crippen LogP contribution in [0.4, 0.5) is 0 Å². The lowest BCUT2D eigenvalue weighted by molar-refractivity contribution is 0.220. The first-order chi connectivity index (χ1) is 10.3. The zero-order chi connectivity index (χ0) is 14.5. The maximum atomic E-state index is 6.14.